The highest BCUT2D eigenvalue weighted by Crippen LogP contribution is 2.20. The molecule has 76 valence electrons. The van der Waals surface area contributed by atoms with E-state index >= 15 is 0 Å². The SMILES string of the molecule is CC.Cc1cc(C)c2c(F)[nH]nc2c1. The second kappa shape index (κ2) is 4.22. The number of aryl methyl sites for hydroxylation is 2. The highest BCUT2D eigenvalue weighted by atomic mass is 19.1. The number of fused-ring (bicyclic) bond motifs is 1. The predicted molar refractivity (Wildman–Crippen MR) is 56.9 cm³/mol. The maximum atomic E-state index is 13.0. The highest BCUT2D eigenvalue weighted by Gasteiger charge is 2.06. The first-order valence-corrected chi connectivity index (χ1v) is 4.79. The van der Waals surface area contributed by atoms with E-state index in [1.165, 1.54) is 0 Å². The fourth-order valence-electron chi connectivity index (χ4n) is 1.48. The second-order valence-electron chi connectivity index (χ2n) is 3.01. The molecule has 0 radical (unpaired) electrons. The molecule has 14 heavy (non-hydrogen) atoms. The molecular formula is C11H15FN2. The summed E-state index contributed by atoms with van der Waals surface area (Å²) in [6.45, 7) is 7.85. The van der Waals surface area contributed by atoms with Crippen molar-refractivity contribution in [3.05, 3.63) is 29.2 Å². The molecule has 0 bridgehead atoms. The van der Waals surface area contributed by atoms with Crippen LogP contribution in [0.3, 0.4) is 0 Å². The summed E-state index contributed by atoms with van der Waals surface area (Å²) in [4.78, 5) is 0. The van der Waals surface area contributed by atoms with E-state index in [2.05, 4.69) is 10.2 Å². The van der Waals surface area contributed by atoms with Gasteiger partial charge in [-0.1, -0.05) is 19.9 Å². The lowest BCUT2D eigenvalue weighted by atomic mass is 10.1. The lowest BCUT2D eigenvalue weighted by Crippen LogP contribution is -1.80. The number of nitrogens with one attached hydrogen (secondary N) is 1. The molecule has 0 aliphatic heterocycles. The number of halogens is 1. The largest absolute Gasteiger partial charge is 0.252 e. The van der Waals surface area contributed by atoms with Crippen molar-refractivity contribution in [3.8, 4) is 0 Å². The quantitative estimate of drug-likeness (QED) is 0.684. The molecule has 2 nitrogen and oxygen atoms in total. The lowest BCUT2D eigenvalue weighted by molar-refractivity contribution is 0.588. The van der Waals surface area contributed by atoms with E-state index in [9.17, 15) is 4.39 Å². The van der Waals surface area contributed by atoms with Crippen LogP contribution in [0.25, 0.3) is 10.9 Å². The maximum Gasteiger partial charge on any atom is 0.217 e. The molecule has 1 aromatic heterocycles. The molecule has 1 heterocycles. The van der Waals surface area contributed by atoms with Crippen molar-refractivity contribution in [1.29, 1.82) is 0 Å². The van der Waals surface area contributed by atoms with Crippen molar-refractivity contribution < 1.29 is 4.39 Å². The number of hydrogen-bond acceptors (Lipinski definition) is 1. The number of rotatable bonds is 0. The van der Waals surface area contributed by atoms with Gasteiger partial charge >= 0.3 is 0 Å². The first-order valence-electron chi connectivity index (χ1n) is 4.79. The molecule has 0 saturated heterocycles. The van der Waals surface area contributed by atoms with Crippen LogP contribution >= 0.6 is 0 Å². The molecule has 0 aliphatic carbocycles. The Bertz CT molecular complexity index is 432. The Kier molecular flexibility index (Phi) is 3.23. The minimum atomic E-state index is -0.345. The third-order valence-corrected chi connectivity index (χ3v) is 1.95. The molecule has 1 aromatic carbocycles. The van der Waals surface area contributed by atoms with Gasteiger partial charge in [-0.15, -0.1) is 0 Å². The molecule has 0 spiro atoms. The molecule has 0 atom stereocenters. The average Bonchev–Trinajstić information content (AvgIpc) is 2.51. The number of hydrogen-bond donors (Lipinski definition) is 1. The van der Waals surface area contributed by atoms with Crippen molar-refractivity contribution in [2.24, 2.45) is 0 Å². The second-order valence-corrected chi connectivity index (χ2v) is 3.01. The molecule has 0 amide bonds. The molecule has 2 rings (SSSR count). The Morgan fingerprint density at radius 1 is 1.21 bits per heavy atom. The Morgan fingerprint density at radius 2 is 1.86 bits per heavy atom. The van der Waals surface area contributed by atoms with E-state index in [0.29, 0.717) is 10.9 Å². The van der Waals surface area contributed by atoms with Gasteiger partial charge in [-0.2, -0.15) is 9.49 Å². The fourth-order valence-corrected chi connectivity index (χ4v) is 1.48. The molecular weight excluding hydrogens is 179 g/mol. The summed E-state index contributed by atoms with van der Waals surface area (Å²) in [5, 5.41) is 6.77. The number of H-pyrrole nitrogens is 1. The molecule has 0 fully saturated rings. The van der Waals surface area contributed by atoms with E-state index in [1.807, 2.05) is 39.8 Å². The predicted octanol–water partition coefficient (Wildman–Crippen LogP) is 3.35. The topological polar surface area (TPSA) is 28.7 Å². The van der Waals surface area contributed by atoms with Crippen molar-refractivity contribution in [2.45, 2.75) is 27.7 Å². The summed E-state index contributed by atoms with van der Waals surface area (Å²) in [6.07, 6.45) is 0. The van der Waals surface area contributed by atoms with E-state index in [1.54, 1.807) is 0 Å². The van der Waals surface area contributed by atoms with Gasteiger partial charge < -0.3 is 0 Å². The van der Waals surface area contributed by atoms with Crippen LogP contribution in [-0.2, 0) is 0 Å². The van der Waals surface area contributed by atoms with Crippen LogP contribution in [-0.4, -0.2) is 10.2 Å². The van der Waals surface area contributed by atoms with Crippen molar-refractivity contribution in [1.82, 2.24) is 10.2 Å². The van der Waals surface area contributed by atoms with Crippen LogP contribution in [0.15, 0.2) is 12.1 Å². The van der Waals surface area contributed by atoms with E-state index in [4.69, 9.17) is 0 Å². The first kappa shape index (κ1) is 10.7. The highest BCUT2D eigenvalue weighted by molar-refractivity contribution is 5.82. The third-order valence-electron chi connectivity index (χ3n) is 1.95. The van der Waals surface area contributed by atoms with Crippen molar-refractivity contribution >= 4 is 10.9 Å². The normalized spacial score (nSPS) is 9.79. The summed E-state index contributed by atoms with van der Waals surface area (Å²) >= 11 is 0. The number of aromatic amines is 1. The van der Waals surface area contributed by atoms with Gasteiger partial charge in [0.2, 0.25) is 5.95 Å². The zero-order valence-corrected chi connectivity index (χ0v) is 8.98. The average molecular weight is 194 g/mol. The summed E-state index contributed by atoms with van der Waals surface area (Å²) in [5.41, 5.74) is 2.73. The summed E-state index contributed by atoms with van der Waals surface area (Å²) in [5.74, 6) is -0.345. The molecule has 0 saturated carbocycles. The van der Waals surface area contributed by atoms with Crippen molar-refractivity contribution in [3.63, 3.8) is 0 Å². The first-order chi connectivity index (χ1) is 6.68. The minimum absolute atomic E-state index is 0.345. The van der Waals surface area contributed by atoms with Crippen LogP contribution in [0.4, 0.5) is 4.39 Å². The van der Waals surface area contributed by atoms with Gasteiger partial charge in [0.05, 0.1) is 10.9 Å². The molecule has 1 N–H and O–H groups in total. The van der Waals surface area contributed by atoms with Gasteiger partial charge in [0.15, 0.2) is 0 Å². The monoisotopic (exact) mass is 194 g/mol. The van der Waals surface area contributed by atoms with E-state index in [0.717, 1.165) is 11.1 Å². The minimum Gasteiger partial charge on any atom is -0.252 e. The molecule has 3 heteroatoms. The van der Waals surface area contributed by atoms with Gasteiger partial charge in [0.25, 0.3) is 0 Å². The zero-order chi connectivity index (χ0) is 10.7. The third kappa shape index (κ3) is 1.76. The smallest absolute Gasteiger partial charge is 0.217 e. The zero-order valence-electron chi connectivity index (χ0n) is 8.98. The van der Waals surface area contributed by atoms with E-state index < -0.39 is 0 Å². The fraction of sp³-hybridized carbons (Fsp3) is 0.364. The number of benzene rings is 1. The van der Waals surface area contributed by atoms with Crippen LogP contribution in [0.1, 0.15) is 25.0 Å². The summed E-state index contributed by atoms with van der Waals surface area (Å²) in [6, 6.07) is 3.81. The van der Waals surface area contributed by atoms with Gasteiger partial charge in [-0.25, -0.2) is 0 Å². The van der Waals surface area contributed by atoms with Gasteiger partial charge in [-0.05, 0) is 31.0 Å². The van der Waals surface area contributed by atoms with E-state index in [-0.39, 0.29) is 5.95 Å². The summed E-state index contributed by atoms with van der Waals surface area (Å²) in [7, 11) is 0. The van der Waals surface area contributed by atoms with Crippen LogP contribution in [0, 0.1) is 19.8 Å². The maximum absolute atomic E-state index is 13.0. The van der Waals surface area contributed by atoms with Crippen LogP contribution < -0.4 is 0 Å². The van der Waals surface area contributed by atoms with Crippen molar-refractivity contribution in [2.75, 3.05) is 0 Å². The molecule has 0 unspecified atom stereocenters. The van der Waals surface area contributed by atoms with Crippen LogP contribution in [0.5, 0.6) is 0 Å². The Labute approximate surface area is 83.1 Å². The van der Waals surface area contributed by atoms with Crippen LogP contribution in [0.2, 0.25) is 0 Å². The van der Waals surface area contributed by atoms with Gasteiger partial charge in [0.1, 0.15) is 0 Å². The number of aromatic nitrogens is 2. The van der Waals surface area contributed by atoms with Gasteiger partial charge in [0, 0.05) is 0 Å². The Morgan fingerprint density at radius 3 is 2.50 bits per heavy atom. The molecule has 2 aromatic rings. The number of nitrogens with zero attached hydrogens (tertiary/aromatic N) is 1. The lowest BCUT2D eigenvalue weighted by Gasteiger charge is -1.96. The Hall–Kier alpha value is -1.38. The Balaban J connectivity index is 0.000000461. The summed E-state index contributed by atoms with van der Waals surface area (Å²) < 4.78 is 13.0. The van der Waals surface area contributed by atoms with Gasteiger partial charge in [-0.3, -0.25) is 5.10 Å². The standard InChI is InChI=1S/C9H9FN2.C2H6/c1-5-3-6(2)8-7(4-5)11-12-9(8)10;1-2/h3-4H,1-2H3,(H,11,12);1-2H3. The molecule has 0 aliphatic rings.